The van der Waals surface area contributed by atoms with Crippen LogP contribution in [0.1, 0.15) is 17.0 Å². The van der Waals surface area contributed by atoms with Gasteiger partial charge in [-0.1, -0.05) is 30.3 Å². The van der Waals surface area contributed by atoms with Crippen LogP contribution < -0.4 is 5.73 Å². The number of carboxylic acid groups (broad SMARTS) is 1. The molecule has 0 saturated carbocycles. The van der Waals surface area contributed by atoms with E-state index in [1.54, 1.807) is 42.5 Å². The van der Waals surface area contributed by atoms with Crippen LogP contribution in [-0.4, -0.2) is 11.1 Å². The van der Waals surface area contributed by atoms with Crippen molar-refractivity contribution in [2.75, 3.05) is 5.73 Å². The molecule has 0 aliphatic rings. The molecule has 2 rings (SSSR count). The van der Waals surface area contributed by atoms with Crippen LogP contribution in [-0.2, 0) is 11.2 Å². The van der Waals surface area contributed by atoms with E-state index in [0.29, 0.717) is 16.8 Å². The fraction of sp³-hybridized carbons (Fsp3) is 0.133. The third-order valence-corrected chi connectivity index (χ3v) is 3.02. The van der Waals surface area contributed by atoms with E-state index < -0.39 is 11.9 Å². The lowest BCUT2D eigenvalue weighted by Crippen LogP contribution is -2.15. The average Bonchev–Trinajstić information content (AvgIpc) is 2.39. The summed E-state index contributed by atoms with van der Waals surface area (Å²) < 4.78 is 13.6. The average molecular weight is 259 g/mol. The molecule has 19 heavy (non-hydrogen) atoms. The van der Waals surface area contributed by atoms with Crippen LogP contribution in [0.3, 0.4) is 0 Å². The van der Waals surface area contributed by atoms with E-state index in [1.165, 1.54) is 6.07 Å². The van der Waals surface area contributed by atoms with Crippen molar-refractivity contribution in [3.63, 3.8) is 0 Å². The lowest BCUT2D eigenvalue weighted by Gasteiger charge is -2.13. The van der Waals surface area contributed by atoms with Crippen LogP contribution in [0.4, 0.5) is 10.1 Å². The monoisotopic (exact) mass is 259 g/mol. The lowest BCUT2D eigenvalue weighted by molar-refractivity contribution is -0.138. The van der Waals surface area contributed by atoms with Gasteiger partial charge in [0, 0.05) is 5.69 Å². The van der Waals surface area contributed by atoms with Crippen molar-refractivity contribution in [2.45, 2.75) is 12.3 Å². The molecule has 0 fully saturated rings. The highest BCUT2D eigenvalue weighted by molar-refractivity contribution is 5.76. The maximum atomic E-state index is 13.6. The Bertz CT molecular complexity index is 581. The second-order valence-electron chi connectivity index (χ2n) is 4.35. The van der Waals surface area contributed by atoms with Gasteiger partial charge in [0.15, 0.2) is 0 Å². The molecule has 0 bridgehead atoms. The molecule has 98 valence electrons. The predicted octanol–water partition coefficient (Wildman–Crippen LogP) is 2.82. The first-order valence-corrected chi connectivity index (χ1v) is 5.89. The second kappa shape index (κ2) is 5.52. The fourth-order valence-electron chi connectivity index (χ4n) is 1.96. The number of anilines is 1. The van der Waals surface area contributed by atoms with Crippen LogP contribution in [0.5, 0.6) is 0 Å². The number of hydrogen-bond acceptors (Lipinski definition) is 2. The Kier molecular flexibility index (Phi) is 3.80. The molecule has 2 aromatic carbocycles. The molecule has 1 unspecified atom stereocenters. The molecular formula is C15H14FNO2. The largest absolute Gasteiger partial charge is 0.481 e. The summed E-state index contributed by atoms with van der Waals surface area (Å²) in [6, 6.07) is 12.8. The summed E-state index contributed by atoms with van der Waals surface area (Å²) >= 11 is 0. The maximum absolute atomic E-state index is 13.6. The third-order valence-electron chi connectivity index (χ3n) is 3.02. The highest BCUT2D eigenvalue weighted by atomic mass is 19.1. The molecular weight excluding hydrogens is 245 g/mol. The van der Waals surface area contributed by atoms with E-state index in [2.05, 4.69) is 0 Å². The van der Waals surface area contributed by atoms with Gasteiger partial charge >= 0.3 is 5.97 Å². The van der Waals surface area contributed by atoms with Gasteiger partial charge in [0.2, 0.25) is 0 Å². The van der Waals surface area contributed by atoms with Crippen molar-refractivity contribution in [2.24, 2.45) is 0 Å². The van der Waals surface area contributed by atoms with E-state index >= 15 is 0 Å². The van der Waals surface area contributed by atoms with Gasteiger partial charge in [0.05, 0.1) is 5.92 Å². The summed E-state index contributed by atoms with van der Waals surface area (Å²) in [5.41, 5.74) is 7.15. The van der Waals surface area contributed by atoms with E-state index in [-0.39, 0.29) is 12.2 Å². The number of hydrogen-bond donors (Lipinski definition) is 2. The van der Waals surface area contributed by atoms with Crippen LogP contribution >= 0.6 is 0 Å². The van der Waals surface area contributed by atoms with Crippen molar-refractivity contribution in [1.82, 2.24) is 0 Å². The molecule has 4 heteroatoms. The normalized spacial score (nSPS) is 12.1. The molecule has 0 spiro atoms. The van der Waals surface area contributed by atoms with Crippen LogP contribution in [0.15, 0.2) is 48.5 Å². The minimum absolute atomic E-state index is 0.117. The van der Waals surface area contributed by atoms with Crippen LogP contribution in [0, 0.1) is 5.82 Å². The highest BCUT2D eigenvalue weighted by Gasteiger charge is 2.21. The summed E-state index contributed by atoms with van der Waals surface area (Å²) in [5.74, 6) is -2.14. The molecule has 3 nitrogen and oxygen atoms in total. The van der Waals surface area contributed by atoms with Gasteiger partial charge in [0.25, 0.3) is 0 Å². The number of aliphatic carboxylic acids is 1. The molecule has 0 radical (unpaired) electrons. The van der Waals surface area contributed by atoms with Gasteiger partial charge in [-0.25, -0.2) is 4.39 Å². The Labute approximate surface area is 110 Å². The number of benzene rings is 2. The van der Waals surface area contributed by atoms with Crippen molar-refractivity contribution in [3.8, 4) is 0 Å². The summed E-state index contributed by atoms with van der Waals surface area (Å²) in [4.78, 5) is 11.3. The zero-order valence-corrected chi connectivity index (χ0v) is 10.2. The molecule has 2 aromatic rings. The Morgan fingerprint density at radius 3 is 2.37 bits per heavy atom. The van der Waals surface area contributed by atoms with E-state index in [4.69, 9.17) is 5.73 Å². The fourth-order valence-corrected chi connectivity index (χ4v) is 1.96. The molecule has 0 aromatic heterocycles. The summed E-state index contributed by atoms with van der Waals surface area (Å²) in [5, 5.41) is 9.29. The Hall–Kier alpha value is -2.36. The predicted molar refractivity (Wildman–Crippen MR) is 71.3 cm³/mol. The second-order valence-corrected chi connectivity index (χ2v) is 4.35. The van der Waals surface area contributed by atoms with Gasteiger partial charge in [-0.3, -0.25) is 4.79 Å². The first-order valence-electron chi connectivity index (χ1n) is 5.89. The van der Waals surface area contributed by atoms with Gasteiger partial charge in [-0.15, -0.1) is 0 Å². The number of rotatable bonds is 4. The summed E-state index contributed by atoms with van der Waals surface area (Å²) in [6.07, 6.45) is 0.117. The van der Waals surface area contributed by atoms with Gasteiger partial charge in [-0.05, 0) is 35.7 Å². The summed E-state index contributed by atoms with van der Waals surface area (Å²) in [6.45, 7) is 0. The number of nitrogens with two attached hydrogens (primary N) is 1. The minimum atomic E-state index is -0.979. The number of halogens is 1. The standard InChI is InChI=1S/C15H14FNO2/c16-14-4-2-1-3-11(14)9-13(15(18)19)10-5-7-12(17)8-6-10/h1-8,13H,9,17H2,(H,18,19). The van der Waals surface area contributed by atoms with Gasteiger partial charge < -0.3 is 10.8 Å². The lowest BCUT2D eigenvalue weighted by atomic mass is 9.92. The molecule has 0 saturated heterocycles. The Morgan fingerprint density at radius 1 is 1.16 bits per heavy atom. The van der Waals surface area contributed by atoms with Crippen molar-refractivity contribution in [1.29, 1.82) is 0 Å². The first kappa shape index (κ1) is 13.1. The van der Waals surface area contributed by atoms with Crippen molar-refractivity contribution in [3.05, 3.63) is 65.5 Å². The van der Waals surface area contributed by atoms with Gasteiger partial charge in [0.1, 0.15) is 5.82 Å². The number of carbonyl (C=O) groups is 1. The van der Waals surface area contributed by atoms with E-state index in [1.807, 2.05) is 0 Å². The number of nitrogen functional groups attached to an aromatic ring is 1. The van der Waals surface area contributed by atoms with Crippen LogP contribution in [0.2, 0.25) is 0 Å². The summed E-state index contributed by atoms with van der Waals surface area (Å²) in [7, 11) is 0. The molecule has 0 aliphatic carbocycles. The SMILES string of the molecule is Nc1ccc(C(Cc2ccccc2F)C(=O)O)cc1. The van der Waals surface area contributed by atoms with Gasteiger partial charge in [-0.2, -0.15) is 0 Å². The Balaban J connectivity index is 2.29. The quantitative estimate of drug-likeness (QED) is 0.830. The zero-order valence-electron chi connectivity index (χ0n) is 10.2. The molecule has 1 atom stereocenters. The Morgan fingerprint density at radius 2 is 1.79 bits per heavy atom. The number of carboxylic acids is 1. The topological polar surface area (TPSA) is 63.3 Å². The third kappa shape index (κ3) is 3.10. The first-order chi connectivity index (χ1) is 9.08. The van der Waals surface area contributed by atoms with E-state index in [9.17, 15) is 14.3 Å². The van der Waals surface area contributed by atoms with E-state index in [0.717, 1.165) is 0 Å². The van der Waals surface area contributed by atoms with Crippen molar-refractivity contribution < 1.29 is 14.3 Å². The smallest absolute Gasteiger partial charge is 0.311 e. The minimum Gasteiger partial charge on any atom is -0.481 e. The highest BCUT2D eigenvalue weighted by Crippen LogP contribution is 2.23. The zero-order chi connectivity index (χ0) is 13.8. The maximum Gasteiger partial charge on any atom is 0.311 e. The van der Waals surface area contributed by atoms with Crippen LogP contribution in [0.25, 0.3) is 0 Å². The molecule has 3 N–H and O–H groups in total. The molecule has 0 heterocycles. The van der Waals surface area contributed by atoms with Crippen molar-refractivity contribution >= 4 is 11.7 Å². The molecule has 0 amide bonds. The molecule has 0 aliphatic heterocycles.